The van der Waals surface area contributed by atoms with Crippen molar-refractivity contribution in [3.63, 3.8) is 0 Å². The van der Waals surface area contributed by atoms with Crippen molar-refractivity contribution in [2.45, 2.75) is 32.2 Å². The Morgan fingerprint density at radius 1 is 1.35 bits per heavy atom. The van der Waals surface area contributed by atoms with Crippen molar-refractivity contribution < 1.29 is 18.0 Å². The summed E-state index contributed by atoms with van der Waals surface area (Å²) in [6, 6.07) is -0.344. The molecule has 2 fully saturated rings. The van der Waals surface area contributed by atoms with Crippen LogP contribution in [0.2, 0.25) is 0 Å². The molecule has 1 N–H and O–H groups in total. The second-order valence-corrected chi connectivity index (χ2v) is 6.86. The van der Waals surface area contributed by atoms with Gasteiger partial charge in [-0.15, -0.1) is 0 Å². The zero-order chi connectivity index (χ0) is 12.5. The SMILES string of the molecule is C/C(=N\OC(=O)N[C@H]1CCS(=O)(=O)C1)C1CC1. The van der Waals surface area contributed by atoms with Gasteiger partial charge in [-0.3, -0.25) is 4.84 Å². The molecule has 0 aromatic heterocycles. The fourth-order valence-corrected chi connectivity index (χ4v) is 3.46. The van der Waals surface area contributed by atoms with Crippen LogP contribution in [0.5, 0.6) is 0 Å². The average Bonchev–Trinajstić information content (AvgIpc) is 3.02. The second-order valence-electron chi connectivity index (χ2n) is 4.63. The molecule has 1 aliphatic heterocycles. The molecule has 96 valence electrons. The average molecular weight is 260 g/mol. The van der Waals surface area contributed by atoms with Crippen LogP contribution >= 0.6 is 0 Å². The Balaban J connectivity index is 1.76. The van der Waals surface area contributed by atoms with E-state index in [2.05, 4.69) is 15.3 Å². The molecule has 0 aromatic rings. The van der Waals surface area contributed by atoms with E-state index in [0.717, 1.165) is 18.6 Å². The maximum atomic E-state index is 11.3. The zero-order valence-electron chi connectivity index (χ0n) is 9.68. The number of carbonyl (C=O) groups excluding carboxylic acids is 1. The molecule has 6 nitrogen and oxygen atoms in total. The number of sulfone groups is 1. The summed E-state index contributed by atoms with van der Waals surface area (Å²) in [5.41, 5.74) is 0.819. The highest BCUT2D eigenvalue weighted by Crippen LogP contribution is 2.30. The molecule has 2 rings (SSSR count). The van der Waals surface area contributed by atoms with Crippen molar-refractivity contribution in [3.8, 4) is 0 Å². The fourth-order valence-electron chi connectivity index (χ4n) is 1.79. The second kappa shape index (κ2) is 4.64. The maximum absolute atomic E-state index is 11.3. The van der Waals surface area contributed by atoms with E-state index in [9.17, 15) is 13.2 Å². The number of hydrogen-bond donors (Lipinski definition) is 1. The van der Waals surface area contributed by atoms with Gasteiger partial charge in [-0.1, -0.05) is 5.16 Å². The van der Waals surface area contributed by atoms with Gasteiger partial charge in [0.15, 0.2) is 9.84 Å². The Kier molecular flexibility index (Phi) is 3.37. The lowest BCUT2D eigenvalue weighted by atomic mass is 10.3. The van der Waals surface area contributed by atoms with E-state index >= 15 is 0 Å². The number of oxime groups is 1. The minimum absolute atomic E-state index is 0.00653. The lowest BCUT2D eigenvalue weighted by Crippen LogP contribution is -2.35. The van der Waals surface area contributed by atoms with Gasteiger partial charge >= 0.3 is 6.09 Å². The Bertz CT molecular complexity index is 439. The van der Waals surface area contributed by atoms with Gasteiger partial charge in [-0.05, 0) is 26.2 Å². The van der Waals surface area contributed by atoms with Gasteiger partial charge in [0, 0.05) is 12.0 Å². The van der Waals surface area contributed by atoms with E-state index in [4.69, 9.17) is 0 Å². The van der Waals surface area contributed by atoms with Gasteiger partial charge in [0.05, 0.1) is 17.2 Å². The van der Waals surface area contributed by atoms with Crippen LogP contribution in [0, 0.1) is 5.92 Å². The maximum Gasteiger partial charge on any atom is 0.433 e. The molecule has 1 heterocycles. The zero-order valence-corrected chi connectivity index (χ0v) is 10.5. The third kappa shape index (κ3) is 3.69. The molecule has 17 heavy (non-hydrogen) atoms. The third-order valence-corrected chi connectivity index (χ3v) is 4.76. The van der Waals surface area contributed by atoms with Crippen LogP contribution in [0.15, 0.2) is 5.16 Å². The summed E-state index contributed by atoms with van der Waals surface area (Å²) in [5.74, 6) is 0.574. The number of hydrogen-bond acceptors (Lipinski definition) is 5. The molecule has 0 spiro atoms. The van der Waals surface area contributed by atoms with Crippen molar-refractivity contribution in [1.82, 2.24) is 5.32 Å². The van der Waals surface area contributed by atoms with E-state index in [1.807, 2.05) is 6.92 Å². The summed E-state index contributed by atoms with van der Waals surface area (Å²) in [5, 5.41) is 6.22. The molecule has 1 amide bonds. The normalized spacial score (nSPS) is 27.8. The minimum atomic E-state index is -2.98. The summed E-state index contributed by atoms with van der Waals surface area (Å²) in [4.78, 5) is 16.0. The highest BCUT2D eigenvalue weighted by Gasteiger charge is 2.29. The molecule has 0 aromatic carbocycles. The largest absolute Gasteiger partial charge is 0.433 e. The molecule has 0 radical (unpaired) electrons. The molecule has 1 aliphatic carbocycles. The Labute approximate surface area is 100 Å². The Hall–Kier alpha value is -1.11. The third-order valence-electron chi connectivity index (χ3n) is 3.00. The van der Waals surface area contributed by atoms with Crippen LogP contribution < -0.4 is 5.32 Å². The lowest BCUT2D eigenvalue weighted by molar-refractivity contribution is 0.147. The van der Waals surface area contributed by atoms with Crippen molar-refractivity contribution >= 4 is 21.6 Å². The van der Waals surface area contributed by atoms with Gasteiger partial charge in [0.2, 0.25) is 0 Å². The van der Waals surface area contributed by atoms with Crippen molar-refractivity contribution in [2.75, 3.05) is 11.5 Å². The Morgan fingerprint density at radius 3 is 2.59 bits per heavy atom. The van der Waals surface area contributed by atoms with Crippen LogP contribution in [-0.2, 0) is 14.7 Å². The number of amides is 1. The topological polar surface area (TPSA) is 84.8 Å². The first-order valence-corrected chi connectivity index (χ1v) is 7.51. The van der Waals surface area contributed by atoms with Crippen molar-refractivity contribution in [2.24, 2.45) is 11.1 Å². The van der Waals surface area contributed by atoms with E-state index in [-0.39, 0.29) is 17.5 Å². The predicted molar refractivity (Wildman–Crippen MR) is 62.5 cm³/mol. The van der Waals surface area contributed by atoms with Crippen molar-refractivity contribution in [1.29, 1.82) is 0 Å². The molecule has 1 atom stereocenters. The minimum Gasteiger partial charge on any atom is -0.316 e. The van der Waals surface area contributed by atoms with E-state index in [0.29, 0.717) is 12.3 Å². The summed E-state index contributed by atoms with van der Waals surface area (Å²) < 4.78 is 22.3. The standard InChI is InChI=1S/C10H16N2O4S/c1-7(8-2-3-8)12-16-10(13)11-9-4-5-17(14,15)6-9/h8-9H,2-6H2,1H3,(H,11,13)/b12-7+/t9-/m0/s1. The van der Waals surface area contributed by atoms with Gasteiger partial charge in [-0.2, -0.15) is 0 Å². The molecule has 1 saturated carbocycles. The molecule has 7 heteroatoms. The monoisotopic (exact) mass is 260 g/mol. The number of rotatable bonds is 3. The number of nitrogens with zero attached hydrogens (tertiary/aromatic N) is 1. The van der Waals surface area contributed by atoms with Gasteiger partial charge in [0.25, 0.3) is 0 Å². The predicted octanol–water partition coefficient (Wildman–Crippen LogP) is 0.686. The van der Waals surface area contributed by atoms with E-state index in [1.54, 1.807) is 0 Å². The highest BCUT2D eigenvalue weighted by atomic mass is 32.2. The molecule has 2 aliphatic rings. The molecule has 1 saturated heterocycles. The van der Waals surface area contributed by atoms with Crippen LogP contribution in [0.3, 0.4) is 0 Å². The summed E-state index contributed by atoms with van der Waals surface area (Å²) in [7, 11) is -2.98. The quantitative estimate of drug-likeness (QED) is 0.459. The van der Waals surface area contributed by atoms with E-state index in [1.165, 1.54) is 0 Å². The van der Waals surface area contributed by atoms with Crippen molar-refractivity contribution in [3.05, 3.63) is 0 Å². The lowest BCUT2D eigenvalue weighted by Gasteiger charge is -2.08. The smallest absolute Gasteiger partial charge is 0.316 e. The molecule has 0 unspecified atom stereocenters. The summed E-state index contributed by atoms with van der Waals surface area (Å²) in [6.07, 6.45) is 1.97. The van der Waals surface area contributed by atoms with Gasteiger partial charge < -0.3 is 5.32 Å². The number of nitrogens with one attached hydrogen (secondary N) is 1. The summed E-state index contributed by atoms with van der Waals surface area (Å²) in [6.45, 7) is 1.82. The van der Waals surface area contributed by atoms with Gasteiger partial charge in [0.1, 0.15) is 0 Å². The molecular weight excluding hydrogens is 244 g/mol. The first-order chi connectivity index (χ1) is 7.96. The summed E-state index contributed by atoms with van der Waals surface area (Å²) >= 11 is 0. The van der Waals surface area contributed by atoms with Crippen LogP contribution in [0.4, 0.5) is 4.79 Å². The van der Waals surface area contributed by atoms with Gasteiger partial charge in [-0.25, -0.2) is 13.2 Å². The van der Waals surface area contributed by atoms with Crippen LogP contribution in [0.25, 0.3) is 0 Å². The molecule has 0 bridgehead atoms. The van der Waals surface area contributed by atoms with Crippen LogP contribution in [0.1, 0.15) is 26.2 Å². The highest BCUT2D eigenvalue weighted by molar-refractivity contribution is 7.91. The van der Waals surface area contributed by atoms with E-state index < -0.39 is 15.9 Å². The first-order valence-electron chi connectivity index (χ1n) is 5.69. The Morgan fingerprint density at radius 2 is 2.06 bits per heavy atom. The van der Waals surface area contributed by atoms with Crippen LogP contribution in [-0.4, -0.2) is 37.8 Å². The first kappa shape index (κ1) is 12.3. The molecular formula is C10H16N2O4S. The number of carbonyl (C=O) groups is 1. The fraction of sp³-hybridized carbons (Fsp3) is 0.800.